The van der Waals surface area contributed by atoms with Crippen LogP contribution in [-0.4, -0.2) is 86.1 Å². The van der Waals surface area contributed by atoms with Gasteiger partial charge in [-0.15, -0.1) is 0 Å². The number of nitrogens with one attached hydrogen (secondary N) is 1. The molecule has 1 amide bonds. The summed E-state index contributed by atoms with van der Waals surface area (Å²) in [5.41, 5.74) is 9.42. The van der Waals surface area contributed by atoms with E-state index < -0.39 is 60.7 Å². The molecule has 0 radical (unpaired) electrons. The molecule has 0 aromatic heterocycles. The molecule has 14 heteroatoms. The number of nitrogens with zero attached hydrogens (tertiary/aromatic N) is 3. The van der Waals surface area contributed by atoms with E-state index in [4.69, 9.17) is 38.7 Å². The van der Waals surface area contributed by atoms with Crippen molar-refractivity contribution in [2.45, 2.75) is 116 Å². The number of carbonyl (C=O) groups excluding carboxylic acids is 3. The Kier molecular flexibility index (Phi) is 12.6. The molecule has 0 bridgehead atoms. The molecule has 0 saturated carbocycles. The molecule has 3 aliphatic rings. The Balaban J connectivity index is 1.46. The third-order valence-corrected chi connectivity index (χ3v) is 8.76. The maximum absolute atomic E-state index is 13.9. The molecule has 3 saturated heterocycles. The van der Waals surface area contributed by atoms with Crippen LogP contribution in [0.4, 0.5) is 4.79 Å². The van der Waals surface area contributed by atoms with E-state index in [1.54, 1.807) is 20.8 Å². The van der Waals surface area contributed by atoms with Gasteiger partial charge in [0.2, 0.25) is 0 Å². The lowest BCUT2D eigenvalue weighted by molar-refractivity contribution is -0.321. The summed E-state index contributed by atoms with van der Waals surface area (Å²) in [7, 11) is 0. The monoisotopic (exact) mass is 660 g/mol. The Bertz CT molecular complexity index is 1270. The largest absolute Gasteiger partial charge is 0.459 e. The average molecular weight is 661 g/mol. The zero-order valence-corrected chi connectivity index (χ0v) is 28.2. The highest BCUT2D eigenvalue weighted by atomic mass is 16.7. The number of ether oxygens (including phenoxy) is 7. The molecule has 3 fully saturated rings. The van der Waals surface area contributed by atoms with Crippen LogP contribution in [0.2, 0.25) is 0 Å². The summed E-state index contributed by atoms with van der Waals surface area (Å²) in [6.07, 6.45) is -5.52. The molecule has 4 rings (SSSR count). The minimum atomic E-state index is -1.15. The van der Waals surface area contributed by atoms with E-state index in [0.29, 0.717) is 13.0 Å². The van der Waals surface area contributed by atoms with E-state index in [9.17, 15) is 14.4 Å². The summed E-state index contributed by atoms with van der Waals surface area (Å²) in [4.78, 5) is 40.5. The first kappa shape index (κ1) is 36.6. The fraction of sp³-hybridized carbons (Fsp3) is 0.727. The molecular weight excluding hydrogens is 612 g/mol. The molecule has 1 N–H and O–H groups in total. The quantitative estimate of drug-likeness (QED) is 0.112. The highest BCUT2D eigenvalue weighted by molar-refractivity contribution is 5.84. The summed E-state index contributed by atoms with van der Waals surface area (Å²) < 4.78 is 42.0. The Morgan fingerprint density at radius 1 is 1.02 bits per heavy atom. The van der Waals surface area contributed by atoms with E-state index >= 15 is 0 Å². The minimum Gasteiger partial charge on any atom is -0.459 e. The van der Waals surface area contributed by atoms with Crippen LogP contribution in [0.5, 0.6) is 0 Å². The van der Waals surface area contributed by atoms with Gasteiger partial charge in [-0.25, -0.2) is 4.79 Å². The van der Waals surface area contributed by atoms with Crippen LogP contribution in [0.15, 0.2) is 35.4 Å². The summed E-state index contributed by atoms with van der Waals surface area (Å²) in [6, 6.07) is 9.64. The number of amides is 1. The van der Waals surface area contributed by atoms with E-state index in [2.05, 4.69) is 15.3 Å². The van der Waals surface area contributed by atoms with Gasteiger partial charge in [-0.05, 0) is 38.6 Å². The second-order valence-electron chi connectivity index (χ2n) is 13.5. The molecule has 3 aliphatic heterocycles. The van der Waals surface area contributed by atoms with E-state index in [0.717, 1.165) is 5.56 Å². The van der Waals surface area contributed by atoms with Crippen molar-refractivity contribution in [1.29, 1.82) is 0 Å². The summed E-state index contributed by atoms with van der Waals surface area (Å²) in [5, 5.41) is 6.42. The number of carbonyl (C=O) groups is 3. The van der Waals surface area contributed by atoms with Gasteiger partial charge in [0.05, 0.1) is 24.9 Å². The van der Waals surface area contributed by atoms with E-state index in [1.807, 2.05) is 51.1 Å². The zero-order chi connectivity index (χ0) is 34.3. The zero-order valence-electron chi connectivity index (χ0n) is 28.2. The number of alkyl carbamates (subject to hydrolysis) is 1. The smallest absolute Gasteiger partial charge is 0.407 e. The van der Waals surface area contributed by atoms with Crippen molar-refractivity contribution in [1.82, 2.24) is 5.32 Å². The Hall–Kier alpha value is -3.26. The number of fused-ring (bicyclic) bond motifs is 1. The Morgan fingerprint density at radius 2 is 1.74 bits per heavy atom. The average Bonchev–Trinajstić information content (AvgIpc) is 3.01. The molecule has 0 aliphatic carbocycles. The summed E-state index contributed by atoms with van der Waals surface area (Å²) in [5.74, 6) is -1.65. The number of azide groups is 1. The molecule has 1 aromatic carbocycles. The molecule has 3 heterocycles. The van der Waals surface area contributed by atoms with Gasteiger partial charge in [0.15, 0.2) is 18.3 Å². The normalized spacial score (nSPS) is 33.9. The number of Topliss-reactive ketones (excluding diaryl/α,β-unsaturated/α-hetero) is 1. The minimum absolute atomic E-state index is 0.0422. The maximum atomic E-state index is 13.9. The molecule has 11 atom stereocenters. The van der Waals surface area contributed by atoms with Gasteiger partial charge in [-0.3, -0.25) is 9.59 Å². The highest BCUT2D eigenvalue weighted by Crippen LogP contribution is 2.40. The van der Waals surface area contributed by atoms with Gasteiger partial charge in [-0.1, -0.05) is 56.2 Å². The van der Waals surface area contributed by atoms with Gasteiger partial charge in [0.1, 0.15) is 23.9 Å². The molecule has 5 unspecified atom stereocenters. The number of rotatable bonds is 11. The molecule has 1 aromatic rings. The van der Waals surface area contributed by atoms with Crippen LogP contribution in [0.3, 0.4) is 0 Å². The number of benzene rings is 1. The lowest BCUT2D eigenvalue weighted by Gasteiger charge is -2.49. The van der Waals surface area contributed by atoms with E-state index in [1.165, 1.54) is 6.92 Å². The highest BCUT2D eigenvalue weighted by Gasteiger charge is 2.51. The van der Waals surface area contributed by atoms with Crippen LogP contribution in [0.25, 0.3) is 10.4 Å². The van der Waals surface area contributed by atoms with Gasteiger partial charge in [0, 0.05) is 48.8 Å². The second kappa shape index (κ2) is 16.2. The van der Waals surface area contributed by atoms with Gasteiger partial charge >= 0.3 is 12.1 Å². The third-order valence-electron chi connectivity index (χ3n) is 8.76. The third kappa shape index (κ3) is 9.65. The van der Waals surface area contributed by atoms with Crippen LogP contribution in [-0.2, 0) is 42.7 Å². The summed E-state index contributed by atoms with van der Waals surface area (Å²) in [6.45, 7) is 13.2. The van der Waals surface area contributed by atoms with Gasteiger partial charge < -0.3 is 38.5 Å². The number of hydrogen-bond donors (Lipinski definition) is 1. The molecule has 14 nitrogen and oxygen atoms in total. The van der Waals surface area contributed by atoms with Crippen LogP contribution in [0, 0.1) is 17.8 Å². The van der Waals surface area contributed by atoms with Crippen LogP contribution >= 0.6 is 0 Å². The lowest BCUT2D eigenvalue weighted by Crippen LogP contribution is -2.60. The van der Waals surface area contributed by atoms with Crippen molar-refractivity contribution < 1.29 is 47.5 Å². The number of hydrogen-bond acceptors (Lipinski definition) is 11. The van der Waals surface area contributed by atoms with E-state index in [-0.39, 0.29) is 49.3 Å². The summed E-state index contributed by atoms with van der Waals surface area (Å²) >= 11 is 0. The van der Waals surface area contributed by atoms with Crippen molar-refractivity contribution in [2.24, 2.45) is 22.9 Å². The van der Waals surface area contributed by atoms with Crippen molar-refractivity contribution >= 4 is 17.8 Å². The first-order valence-electron chi connectivity index (χ1n) is 16.2. The SMILES string of the molecule is CC(=O)OC1[C@H](N=[N+]=[N-])OC(C(=O)C[C@@H]2OC3COC(c4ccccc4)O[C@@H]3[C@H](C)C2OCCCNC(=O)OC(C)(C)C)[C@H](C)[C@@H]1C. The maximum Gasteiger partial charge on any atom is 0.407 e. The predicted molar refractivity (Wildman–Crippen MR) is 168 cm³/mol. The second-order valence-corrected chi connectivity index (χ2v) is 13.5. The van der Waals surface area contributed by atoms with Crippen molar-refractivity contribution in [3.8, 4) is 0 Å². The van der Waals surface area contributed by atoms with Crippen LogP contribution < -0.4 is 5.32 Å². The number of esters is 1. The van der Waals surface area contributed by atoms with Crippen molar-refractivity contribution in [2.75, 3.05) is 19.8 Å². The first-order valence-corrected chi connectivity index (χ1v) is 16.2. The Labute approximate surface area is 275 Å². The van der Waals surface area contributed by atoms with Gasteiger partial charge in [-0.2, -0.15) is 0 Å². The van der Waals surface area contributed by atoms with Crippen molar-refractivity contribution in [3.05, 3.63) is 46.3 Å². The van der Waals surface area contributed by atoms with Crippen LogP contribution in [0.1, 0.15) is 73.2 Å². The molecule has 260 valence electrons. The predicted octanol–water partition coefficient (Wildman–Crippen LogP) is 5.00. The fourth-order valence-corrected chi connectivity index (χ4v) is 6.33. The van der Waals surface area contributed by atoms with Crippen molar-refractivity contribution in [3.63, 3.8) is 0 Å². The van der Waals surface area contributed by atoms with Gasteiger partial charge in [0.25, 0.3) is 0 Å². The standard InChI is InChI=1S/C33H48N4O10/c1-18-19(2)29(43-21(4)38)30(36-37-34)45-26(18)23(39)16-24-27(41-15-11-14-35-32(40)47-33(5,6)7)20(3)28-25(44-24)17-42-31(46-28)22-12-9-8-10-13-22/h8-10,12-13,18-20,24-31H,11,14-17H2,1-7H3,(H,35,40)/t18-,19+,20-,24+,25?,26?,27?,28-,29?,30-,31?/m1/s1. The molecular formula is C33H48N4O10. The molecule has 0 spiro atoms. The Morgan fingerprint density at radius 3 is 2.40 bits per heavy atom. The molecule has 47 heavy (non-hydrogen) atoms. The lowest BCUT2D eigenvalue weighted by atomic mass is 9.79. The first-order chi connectivity index (χ1) is 22.3. The topological polar surface area (TPSA) is 177 Å². The number of ketones is 1. The fourth-order valence-electron chi connectivity index (χ4n) is 6.33.